The van der Waals surface area contributed by atoms with E-state index in [1.54, 1.807) is 0 Å². The van der Waals surface area contributed by atoms with E-state index in [1.807, 2.05) is 25.2 Å². The van der Waals surface area contributed by atoms with E-state index in [-0.39, 0.29) is 12.1 Å². The summed E-state index contributed by atoms with van der Waals surface area (Å²) in [4.78, 5) is 2.15. The molecule has 0 spiro atoms. The summed E-state index contributed by atoms with van der Waals surface area (Å²) in [5, 5.41) is 10.2. The average Bonchev–Trinajstić information content (AvgIpc) is 2.46. The van der Waals surface area contributed by atoms with Gasteiger partial charge in [-0.3, -0.25) is 0 Å². The highest BCUT2D eigenvalue weighted by Crippen LogP contribution is 2.31. The molecule has 0 amide bonds. The van der Waals surface area contributed by atoms with E-state index in [0.717, 1.165) is 37.1 Å². The minimum atomic E-state index is -0.244. The zero-order valence-corrected chi connectivity index (χ0v) is 12.5. The summed E-state index contributed by atoms with van der Waals surface area (Å²) >= 11 is 0. The first-order chi connectivity index (χ1) is 9.63. The van der Waals surface area contributed by atoms with Crippen LogP contribution in [0, 0.1) is 0 Å². The van der Waals surface area contributed by atoms with Crippen LogP contribution in [0.15, 0.2) is 18.2 Å². The first kappa shape index (κ1) is 15.0. The topological polar surface area (TPSA) is 58.7 Å². The number of hydrogen-bond acceptors (Lipinski definition) is 4. The van der Waals surface area contributed by atoms with E-state index < -0.39 is 0 Å². The van der Waals surface area contributed by atoms with Crippen LogP contribution in [0.25, 0.3) is 0 Å². The minimum Gasteiger partial charge on any atom is -0.491 e. The summed E-state index contributed by atoms with van der Waals surface area (Å²) in [5.41, 5.74) is 7.66. The Hall–Kier alpha value is -1.42. The van der Waals surface area contributed by atoms with Crippen molar-refractivity contribution in [1.29, 1.82) is 0 Å². The van der Waals surface area contributed by atoms with Gasteiger partial charge < -0.3 is 20.5 Å². The summed E-state index contributed by atoms with van der Waals surface area (Å²) in [6.07, 6.45) is 4.95. The number of aliphatic hydroxyl groups is 1. The SMILES string of the molecule is CCCOc1cc(N(C)C2CCCCC2O)ccc1N. The molecule has 0 heterocycles. The normalized spacial score (nSPS) is 22.6. The molecule has 4 nitrogen and oxygen atoms in total. The second kappa shape index (κ2) is 6.84. The van der Waals surface area contributed by atoms with Gasteiger partial charge in [-0.25, -0.2) is 0 Å². The van der Waals surface area contributed by atoms with Gasteiger partial charge in [0.25, 0.3) is 0 Å². The molecule has 0 bridgehead atoms. The van der Waals surface area contributed by atoms with Crippen LogP contribution < -0.4 is 15.4 Å². The Morgan fingerprint density at radius 1 is 1.35 bits per heavy atom. The van der Waals surface area contributed by atoms with Crippen molar-refractivity contribution in [3.63, 3.8) is 0 Å². The zero-order chi connectivity index (χ0) is 14.5. The van der Waals surface area contributed by atoms with Crippen LogP contribution in [0.4, 0.5) is 11.4 Å². The molecule has 2 atom stereocenters. The van der Waals surface area contributed by atoms with Crippen molar-refractivity contribution in [2.45, 2.75) is 51.2 Å². The zero-order valence-electron chi connectivity index (χ0n) is 12.5. The molecular formula is C16H26N2O2. The van der Waals surface area contributed by atoms with Gasteiger partial charge in [-0.1, -0.05) is 19.8 Å². The number of rotatable bonds is 5. The number of nitrogens with zero attached hydrogens (tertiary/aromatic N) is 1. The van der Waals surface area contributed by atoms with Gasteiger partial charge in [-0.05, 0) is 31.4 Å². The number of nitrogens with two attached hydrogens (primary N) is 1. The summed E-state index contributed by atoms with van der Waals surface area (Å²) in [5.74, 6) is 0.737. The molecule has 2 unspecified atom stereocenters. The number of aliphatic hydroxyl groups excluding tert-OH is 1. The standard InChI is InChI=1S/C16H26N2O2/c1-3-10-20-16-11-12(8-9-13(16)17)18(2)14-6-4-5-7-15(14)19/h8-9,11,14-15,19H,3-7,10,17H2,1-2H3. The van der Waals surface area contributed by atoms with Gasteiger partial charge in [0.1, 0.15) is 5.75 Å². The Morgan fingerprint density at radius 3 is 2.80 bits per heavy atom. The third-order valence-electron chi connectivity index (χ3n) is 4.06. The summed E-state index contributed by atoms with van der Waals surface area (Å²) < 4.78 is 5.68. The molecule has 112 valence electrons. The highest BCUT2D eigenvalue weighted by atomic mass is 16.5. The number of anilines is 2. The number of likely N-dealkylation sites (N-methyl/N-ethyl adjacent to an activating group) is 1. The Labute approximate surface area is 121 Å². The van der Waals surface area contributed by atoms with E-state index in [4.69, 9.17) is 10.5 Å². The molecule has 0 aromatic heterocycles. The first-order valence-corrected chi connectivity index (χ1v) is 7.56. The van der Waals surface area contributed by atoms with Gasteiger partial charge in [0.2, 0.25) is 0 Å². The lowest BCUT2D eigenvalue weighted by molar-refractivity contribution is 0.106. The predicted octanol–water partition coefficient (Wildman–Crippen LogP) is 2.80. The van der Waals surface area contributed by atoms with Crippen molar-refractivity contribution in [3.05, 3.63) is 18.2 Å². The third-order valence-corrected chi connectivity index (χ3v) is 4.06. The van der Waals surface area contributed by atoms with E-state index in [0.29, 0.717) is 12.3 Å². The van der Waals surface area contributed by atoms with Crippen LogP contribution in [0.3, 0.4) is 0 Å². The van der Waals surface area contributed by atoms with Crippen LogP contribution in [0.2, 0.25) is 0 Å². The van der Waals surface area contributed by atoms with Crippen molar-refractivity contribution in [2.75, 3.05) is 24.3 Å². The molecule has 2 rings (SSSR count). The maximum Gasteiger partial charge on any atom is 0.144 e. The highest BCUT2D eigenvalue weighted by molar-refractivity contribution is 5.62. The molecule has 1 aromatic rings. The van der Waals surface area contributed by atoms with Crippen molar-refractivity contribution in [3.8, 4) is 5.75 Å². The van der Waals surface area contributed by atoms with Crippen LogP contribution in [-0.2, 0) is 0 Å². The van der Waals surface area contributed by atoms with Gasteiger partial charge in [-0.2, -0.15) is 0 Å². The second-order valence-corrected chi connectivity index (χ2v) is 5.60. The summed E-state index contributed by atoms with van der Waals surface area (Å²) in [6.45, 7) is 2.74. The van der Waals surface area contributed by atoms with Gasteiger partial charge in [0.05, 0.1) is 24.4 Å². The van der Waals surface area contributed by atoms with Crippen LogP contribution in [0.5, 0.6) is 5.75 Å². The fraction of sp³-hybridized carbons (Fsp3) is 0.625. The van der Waals surface area contributed by atoms with E-state index >= 15 is 0 Å². The molecule has 0 saturated heterocycles. The van der Waals surface area contributed by atoms with Gasteiger partial charge >= 0.3 is 0 Å². The lowest BCUT2D eigenvalue weighted by Crippen LogP contribution is -2.43. The number of benzene rings is 1. The number of nitrogen functional groups attached to an aromatic ring is 1. The van der Waals surface area contributed by atoms with Crippen LogP contribution in [-0.4, -0.2) is 30.9 Å². The molecule has 0 aliphatic heterocycles. The predicted molar refractivity (Wildman–Crippen MR) is 83.3 cm³/mol. The lowest BCUT2D eigenvalue weighted by atomic mass is 9.91. The molecule has 1 aliphatic carbocycles. The molecule has 1 aliphatic rings. The molecular weight excluding hydrogens is 252 g/mol. The maximum absolute atomic E-state index is 10.2. The molecule has 4 heteroatoms. The maximum atomic E-state index is 10.2. The molecule has 3 N–H and O–H groups in total. The van der Waals surface area contributed by atoms with Gasteiger partial charge in [0, 0.05) is 18.8 Å². The van der Waals surface area contributed by atoms with Crippen molar-refractivity contribution >= 4 is 11.4 Å². The molecule has 20 heavy (non-hydrogen) atoms. The average molecular weight is 278 g/mol. The summed E-state index contributed by atoms with van der Waals surface area (Å²) in [6, 6.07) is 6.04. The van der Waals surface area contributed by atoms with Gasteiger partial charge in [0.15, 0.2) is 0 Å². The Balaban J connectivity index is 2.14. The smallest absolute Gasteiger partial charge is 0.144 e. The monoisotopic (exact) mass is 278 g/mol. The Bertz CT molecular complexity index is 436. The van der Waals surface area contributed by atoms with Crippen LogP contribution >= 0.6 is 0 Å². The highest BCUT2D eigenvalue weighted by Gasteiger charge is 2.27. The molecule has 1 aromatic carbocycles. The van der Waals surface area contributed by atoms with Crippen molar-refractivity contribution < 1.29 is 9.84 Å². The third kappa shape index (κ3) is 3.37. The largest absolute Gasteiger partial charge is 0.491 e. The number of ether oxygens (including phenoxy) is 1. The van der Waals surface area contributed by atoms with E-state index in [2.05, 4.69) is 11.8 Å². The molecule has 0 radical (unpaired) electrons. The van der Waals surface area contributed by atoms with E-state index in [1.165, 1.54) is 6.42 Å². The Morgan fingerprint density at radius 2 is 2.10 bits per heavy atom. The van der Waals surface area contributed by atoms with Crippen molar-refractivity contribution in [1.82, 2.24) is 0 Å². The fourth-order valence-corrected chi connectivity index (χ4v) is 2.81. The fourth-order valence-electron chi connectivity index (χ4n) is 2.81. The minimum absolute atomic E-state index is 0.186. The molecule has 1 fully saturated rings. The second-order valence-electron chi connectivity index (χ2n) is 5.60. The van der Waals surface area contributed by atoms with E-state index in [9.17, 15) is 5.11 Å². The molecule has 1 saturated carbocycles. The van der Waals surface area contributed by atoms with Gasteiger partial charge in [-0.15, -0.1) is 0 Å². The van der Waals surface area contributed by atoms with Crippen molar-refractivity contribution in [2.24, 2.45) is 0 Å². The quantitative estimate of drug-likeness (QED) is 0.813. The summed E-state index contributed by atoms with van der Waals surface area (Å²) in [7, 11) is 2.04. The number of hydrogen-bond donors (Lipinski definition) is 2. The Kier molecular flexibility index (Phi) is 5.12. The first-order valence-electron chi connectivity index (χ1n) is 7.56. The van der Waals surface area contributed by atoms with Crippen LogP contribution in [0.1, 0.15) is 39.0 Å². The lowest BCUT2D eigenvalue weighted by Gasteiger charge is -2.36.